The van der Waals surface area contributed by atoms with Crippen LogP contribution in [-0.4, -0.2) is 30.7 Å². The van der Waals surface area contributed by atoms with Crippen LogP contribution < -0.4 is 10.4 Å². The second-order valence-electron chi connectivity index (χ2n) is 5.47. The third-order valence-electron chi connectivity index (χ3n) is 3.40. The van der Waals surface area contributed by atoms with Gasteiger partial charge in [0.05, 0.1) is 24.7 Å². The maximum absolute atomic E-state index is 11.6. The smallest absolute Gasteiger partial charge is 0.339 e. The average molecular weight is 362 g/mol. The lowest BCUT2D eigenvalue weighted by Crippen LogP contribution is -2.05. The molecule has 1 heterocycles. The van der Waals surface area contributed by atoms with Crippen LogP contribution in [0.1, 0.15) is 18.4 Å². The number of hydrogen-bond acceptors (Lipinski definition) is 6. The molecule has 0 radical (unpaired) electrons. The zero-order chi connectivity index (χ0) is 18.1. The van der Waals surface area contributed by atoms with Gasteiger partial charge in [0.2, 0.25) is 0 Å². The van der Waals surface area contributed by atoms with Crippen LogP contribution in [0.5, 0.6) is 5.75 Å². The number of fused-ring (bicyclic) bond motifs is 1. The molecule has 0 aliphatic carbocycles. The minimum Gasteiger partial charge on any atom is -0.493 e. The Balaban J connectivity index is 1.70. The lowest BCUT2D eigenvalue weighted by atomic mass is 10.1. The Morgan fingerprint density at radius 1 is 1.24 bits per heavy atom. The van der Waals surface area contributed by atoms with Crippen molar-refractivity contribution in [2.75, 3.05) is 24.7 Å². The number of ether oxygens (including phenoxy) is 2. The van der Waals surface area contributed by atoms with Crippen molar-refractivity contribution in [1.82, 2.24) is 0 Å². The molecule has 0 saturated heterocycles. The first kappa shape index (κ1) is 19.1. The van der Waals surface area contributed by atoms with E-state index in [9.17, 15) is 9.59 Å². The molecule has 134 valence electrons. The molecule has 25 heavy (non-hydrogen) atoms. The van der Waals surface area contributed by atoms with E-state index in [4.69, 9.17) is 13.9 Å². The molecule has 5 nitrogen and oxygen atoms in total. The number of benzene rings is 1. The summed E-state index contributed by atoms with van der Waals surface area (Å²) in [4.78, 5) is 22.5. The summed E-state index contributed by atoms with van der Waals surface area (Å²) in [5.74, 6) is 2.04. The molecule has 0 saturated carbocycles. The largest absolute Gasteiger partial charge is 0.493 e. The summed E-state index contributed by atoms with van der Waals surface area (Å²) >= 11 is 1.78. The minimum atomic E-state index is -0.406. The first-order valence-electron chi connectivity index (χ1n) is 8.14. The normalized spacial score (nSPS) is 10.6. The number of thioether (sulfide) groups is 1. The molecule has 1 aromatic heterocycles. The van der Waals surface area contributed by atoms with Crippen LogP contribution in [0.2, 0.25) is 0 Å². The summed E-state index contributed by atoms with van der Waals surface area (Å²) < 4.78 is 15.9. The molecule has 1 aromatic carbocycles. The topological polar surface area (TPSA) is 65.7 Å². The van der Waals surface area contributed by atoms with E-state index < -0.39 is 5.63 Å². The van der Waals surface area contributed by atoms with Gasteiger partial charge in [0.25, 0.3) is 0 Å². The van der Waals surface area contributed by atoms with Crippen molar-refractivity contribution in [3.05, 3.63) is 52.9 Å². The van der Waals surface area contributed by atoms with Gasteiger partial charge in [-0.05, 0) is 49.0 Å². The second-order valence-corrected chi connectivity index (χ2v) is 6.69. The molecule has 0 fully saturated rings. The zero-order valence-corrected chi connectivity index (χ0v) is 15.1. The Labute approximate surface area is 151 Å². The molecule has 0 bridgehead atoms. The summed E-state index contributed by atoms with van der Waals surface area (Å²) in [6.45, 7) is 6.24. The molecule has 0 N–H and O–H groups in total. The average Bonchev–Trinajstić information content (AvgIpc) is 2.59. The van der Waals surface area contributed by atoms with Gasteiger partial charge in [-0.25, -0.2) is 9.59 Å². The molecular formula is C19H22O5S. The van der Waals surface area contributed by atoms with Crippen molar-refractivity contribution < 1.29 is 18.7 Å². The van der Waals surface area contributed by atoms with Crippen LogP contribution in [-0.2, 0) is 9.53 Å². The standard InChI is InChI=1S/C19H22O5S/c1-3-18(20)23-9-5-11-25-10-4-8-22-16-13-19(21)24-17-12-14(2)6-7-15(16)17/h3,6-7,12-13H,1,4-5,8-11H2,2H3. The molecule has 6 heteroatoms. The van der Waals surface area contributed by atoms with Crippen molar-refractivity contribution in [3.63, 3.8) is 0 Å². The van der Waals surface area contributed by atoms with Gasteiger partial charge in [-0.3, -0.25) is 0 Å². The van der Waals surface area contributed by atoms with Gasteiger partial charge in [0.1, 0.15) is 11.3 Å². The van der Waals surface area contributed by atoms with Gasteiger partial charge in [-0.1, -0.05) is 12.6 Å². The van der Waals surface area contributed by atoms with Crippen LogP contribution in [0.3, 0.4) is 0 Å². The van der Waals surface area contributed by atoms with Gasteiger partial charge in [0.15, 0.2) is 0 Å². The molecule has 0 atom stereocenters. The third-order valence-corrected chi connectivity index (χ3v) is 4.55. The van der Waals surface area contributed by atoms with E-state index in [1.165, 1.54) is 12.1 Å². The number of rotatable bonds is 10. The number of carbonyl (C=O) groups is 1. The molecule has 0 spiro atoms. The summed E-state index contributed by atoms with van der Waals surface area (Å²) in [6.07, 6.45) is 2.85. The van der Waals surface area contributed by atoms with Crippen molar-refractivity contribution in [1.29, 1.82) is 0 Å². The maximum atomic E-state index is 11.6. The summed E-state index contributed by atoms with van der Waals surface area (Å²) in [6, 6.07) is 7.09. The van der Waals surface area contributed by atoms with Crippen molar-refractivity contribution in [2.45, 2.75) is 19.8 Å². The van der Waals surface area contributed by atoms with Gasteiger partial charge < -0.3 is 13.9 Å². The van der Waals surface area contributed by atoms with E-state index in [0.717, 1.165) is 35.3 Å². The molecule has 0 unspecified atom stereocenters. The fraction of sp³-hybridized carbons (Fsp3) is 0.368. The first-order chi connectivity index (χ1) is 12.1. The lowest BCUT2D eigenvalue weighted by molar-refractivity contribution is -0.137. The van der Waals surface area contributed by atoms with E-state index in [1.54, 1.807) is 11.8 Å². The SMILES string of the molecule is C=CC(=O)OCCCSCCCOc1cc(=O)oc2cc(C)ccc12. The highest BCUT2D eigenvalue weighted by molar-refractivity contribution is 7.99. The van der Waals surface area contributed by atoms with Crippen molar-refractivity contribution in [2.24, 2.45) is 0 Å². The number of hydrogen-bond donors (Lipinski definition) is 0. The highest BCUT2D eigenvalue weighted by Gasteiger charge is 2.07. The summed E-state index contributed by atoms with van der Waals surface area (Å²) in [5.41, 5.74) is 1.17. The van der Waals surface area contributed by atoms with E-state index in [2.05, 4.69) is 6.58 Å². The highest BCUT2D eigenvalue weighted by atomic mass is 32.2. The first-order valence-corrected chi connectivity index (χ1v) is 9.30. The Bertz CT molecular complexity index is 781. The zero-order valence-electron chi connectivity index (χ0n) is 14.3. The summed E-state index contributed by atoms with van der Waals surface area (Å²) in [5, 5.41) is 0.807. The Morgan fingerprint density at radius 3 is 2.76 bits per heavy atom. The van der Waals surface area contributed by atoms with Crippen LogP contribution >= 0.6 is 11.8 Å². The molecule has 2 aromatic rings. The van der Waals surface area contributed by atoms with Crippen molar-refractivity contribution >= 4 is 28.7 Å². The Morgan fingerprint density at radius 2 is 2.00 bits per heavy atom. The van der Waals surface area contributed by atoms with Crippen molar-refractivity contribution in [3.8, 4) is 5.75 Å². The molecular weight excluding hydrogens is 340 g/mol. The maximum Gasteiger partial charge on any atom is 0.339 e. The number of aryl methyl sites for hydroxylation is 1. The minimum absolute atomic E-state index is 0.381. The van der Waals surface area contributed by atoms with E-state index in [0.29, 0.717) is 24.5 Å². The lowest BCUT2D eigenvalue weighted by Gasteiger charge is -2.08. The van der Waals surface area contributed by atoms with E-state index in [1.807, 2.05) is 25.1 Å². The van der Waals surface area contributed by atoms with Crippen LogP contribution in [0.15, 0.2) is 46.1 Å². The molecule has 0 aliphatic rings. The fourth-order valence-corrected chi connectivity index (χ4v) is 3.05. The van der Waals surface area contributed by atoms with Crippen LogP contribution in [0.4, 0.5) is 0 Å². The third kappa shape index (κ3) is 6.31. The second kappa shape index (κ2) is 9.93. The van der Waals surface area contributed by atoms with Crippen LogP contribution in [0.25, 0.3) is 11.0 Å². The molecule has 2 rings (SSSR count). The molecule has 0 aliphatic heterocycles. The summed E-state index contributed by atoms with van der Waals surface area (Å²) in [7, 11) is 0. The number of carbonyl (C=O) groups excluding carboxylic acids is 1. The van der Waals surface area contributed by atoms with Gasteiger partial charge in [0, 0.05) is 6.08 Å². The Kier molecular flexibility index (Phi) is 7.60. The predicted molar refractivity (Wildman–Crippen MR) is 100 cm³/mol. The predicted octanol–water partition coefficient (Wildman–Crippen LogP) is 3.72. The Hall–Kier alpha value is -2.21. The fourth-order valence-electron chi connectivity index (χ4n) is 2.20. The van der Waals surface area contributed by atoms with Crippen LogP contribution in [0, 0.1) is 6.92 Å². The van der Waals surface area contributed by atoms with E-state index >= 15 is 0 Å². The van der Waals surface area contributed by atoms with Gasteiger partial charge >= 0.3 is 11.6 Å². The van der Waals surface area contributed by atoms with Gasteiger partial charge in [-0.2, -0.15) is 11.8 Å². The monoisotopic (exact) mass is 362 g/mol. The van der Waals surface area contributed by atoms with E-state index in [-0.39, 0.29) is 5.97 Å². The number of esters is 1. The molecule has 0 amide bonds. The quantitative estimate of drug-likeness (QED) is 0.278. The van der Waals surface area contributed by atoms with Gasteiger partial charge in [-0.15, -0.1) is 0 Å². The highest BCUT2D eigenvalue weighted by Crippen LogP contribution is 2.24.